The zero-order valence-electron chi connectivity index (χ0n) is 15.8. The van der Waals surface area contributed by atoms with Gasteiger partial charge in [0, 0.05) is 48.6 Å². The van der Waals surface area contributed by atoms with Crippen LogP contribution in [-0.2, 0) is 6.42 Å². The molecule has 1 aromatic carbocycles. The summed E-state index contributed by atoms with van der Waals surface area (Å²) < 4.78 is 0. The van der Waals surface area contributed by atoms with E-state index in [1.54, 1.807) is 35.6 Å². The first kappa shape index (κ1) is 19.4. The maximum absolute atomic E-state index is 12.5. The van der Waals surface area contributed by atoms with Crippen molar-refractivity contribution >= 4 is 29.0 Å². The Kier molecular flexibility index (Phi) is 6.45. The lowest BCUT2D eigenvalue weighted by Gasteiger charge is -2.16. The van der Waals surface area contributed by atoms with E-state index >= 15 is 0 Å². The number of hydrogen-bond acceptors (Lipinski definition) is 4. The van der Waals surface area contributed by atoms with E-state index in [0.29, 0.717) is 30.1 Å². The monoisotopic (exact) mass is 386 g/mol. The smallest absolute Gasteiger partial charge is 0.319 e. The van der Waals surface area contributed by atoms with Crippen LogP contribution in [0.25, 0.3) is 0 Å². The van der Waals surface area contributed by atoms with Crippen molar-refractivity contribution in [2.24, 2.45) is 0 Å². The Labute approximate surface area is 164 Å². The summed E-state index contributed by atoms with van der Waals surface area (Å²) in [6.45, 7) is 6.38. The van der Waals surface area contributed by atoms with Crippen molar-refractivity contribution in [3.05, 3.63) is 45.9 Å². The van der Waals surface area contributed by atoms with E-state index in [1.807, 2.05) is 10.3 Å². The number of nitrogens with zero attached hydrogens (tertiary/aromatic N) is 2. The number of amides is 3. The van der Waals surface area contributed by atoms with Gasteiger partial charge in [-0.25, -0.2) is 9.78 Å². The molecule has 27 heavy (non-hydrogen) atoms. The number of thiazole rings is 1. The number of likely N-dealkylation sites (tertiary alicyclic amines) is 1. The Morgan fingerprint density at radius 1 is 1.26 bits per heavy atom. The van der Waals surface area contributed by atoms with E-state index in [-0.39, 0.29) is 11.9 Å². The van der Waals surface area contributed by atoms with Crippen molar-refractivity contribution in [3.63, 3.8) is 0 Å². The van der Waals surface area contributed by atoms with Crippen LogP contribution in [0.15, 0.2) is 29.6 Å². The Balaban J connectivity index is 1.48. The molecule has 1 saturated heterocycles. The molecule has 0 bridgehead atoms. The van der Waals surface area contributed by atoms with Gasteiger partial charge in [0.1, 0.15) is 0 Å². The van der Waals surface area contributed by atoms with E-state index in [9.17, 15) is 9.59 Å². The molecule has 2 N–H and O–H groups in total. The third-order valence-corrected chi connectivity index (χ3v) is 5.68. The molecule has 2 heterocycles. The van der Waals surface area contributed by atoms with Gasteiger partial charge in [0.2, 0.25) is 0 Å². The van der Waals surface area contributed by atoms with Crippen LogP contribution in [0.1, 0.15) is 53.7 Å². The first-order valence-corrected chi connectivity index (χ1v) is 10.3. The highest BCUT2D eigenvalue weighted by atomic mass is 32.1. The van der Waals surface area contributed by atoms with Gasteiger partial charge in [0.25, 0.3) is 5.91 Å². The van der Waals surface area contributed by atoms with Gasteiger partial charge in [-0.1, -0.05) is 19.9 Å². The average molecular weight is 387 g/mol. The lowest BCUT2D eigenvalue weighted by Crippen LogP contribution is -2.31. The van der Waals surface area contributed by atoms with Crippen molar-refractivity contribution in [3.8, 4) is 0 Å². The molecule has 0 unspecified atom stereocenters. The number of carbonyl (C=O) groups excluding carboxylic acids is 2. The van der Waals surface area contributed by atoms with Crippen LogP contribution < -0.4 is 10.6 Å². The molecule has 1 aliphatic rings. The Morgan fingerprint density at radius 2 is 2.04 bits per heavy atom. The number of anilines is 1. The highest BCUT2D eigenvalue weighted by Crippen LogP contribution is 2.19. The first-order chi connectivity index (χ1) is 13.0. The number of rotatable bonds is 6. The summed E-state index contributed by atoms with van der Waals surface area (Å²) in [5.74, 6) is 0.455. The molecule has 144 valence electrons. The van der Waals surface area contributed by atoms with E-state index in [1.165, 1.54) is 0 Å². The van der Waals surface area contributed by atoms with Crippen molar-refractivity contribution in [1.29, 1.82) is 0 Å². The molecule has 3 rings (SSSR count). The van der Waals surface area contributed by atoms with E-state index in [4.69, 9.17) is 0 Å². The van der Waals surface area contributed by atoms with E-state index in [0.717, 1.165) is 36.6 Å². The van der Waals surface area contributed by atoms with Crippen LogP contribution in [-0.4, -0.2) is 41.5 Å². The van der Waals surface area contributed by atoms with Crippen molar-refractivity contribution in [2.75, 3.05) is 25.0 Å². The summed E-state index contributed by atoms with van der Waals surface area (Å²) in [7, 11) is 0. The van der Waals surface area contributed by atoms with Crippen LogP contribution >= 0.6 is 11.3 Å². The summed E-state index contributed by atoms with van der Waals surface area (Å²) >= 11 is 1.66. The van der Waals surface area contributed by atoms with Gasteiger partial charge in [0.05, 0.1) is 10.7 Å². The Hall–Kier alpha value is -2.41. The third-order valence-electron chi connectivity index (χ3n) is 4.49. The summed E-state index contributed by atoms with van der Waals surface area (Å²) in [6.07, 6.45) is 2.82. The van der Waals surface area contributed by atoms with Crippen LogP contribution in [0.5, 0.6) is 0 Å². The summed E-state index contributed by atoms with van der Waals surface area (Å²) in [4.78, 5) is 31.0. The average Bonchev–Trinajstić information content (AvgIpc) is 3.33. The normalized spacial score (nSPS) is 13.8. The fraction of sp³-hybridized carbons (Fsp3) is 0.450. The maximum atomic E-state index is 12.5. The third kappa shape index (κ3) is 5.29. The number of carbonyl (C=O) groups is 2. The topological polar surface area (TPSA) is 74.3 Å². The molecular formula is C20H26N4O2S. The van der Waals surface area contributed by atoms with Crippen LogP contribution in [0, 0.1) is 0 Å². The van der Waals surface area contributed by atoms with Gasteiger partial charge >= 0.3 is 6.03 Å². The molecule has 0 radical (unpaired) electrons. The zero-order chi connectivity index (χ0) is 19.2. The van der Waals surface area contributed by atoms with Gasteiger partial charge in [-0.3, -0.25) is 4.79 Å². The number of benzene rings is 1. The largest absolute Gasteiger partial charge is 0.339 e. The summed E-state index contributed by atoms with van der Waals surface area (Å²) in [5, 5.41) is 8.80. The van der Waals surface area contributed by atoms with Gasteiger partial charge in [0.15, 0.2) is 0 Å². The molecule has 0 spiro atoms. The van der Waals surface area contributed by atoms with E-state index < -0.39 is 0 Å². The summed E-state index contributed by atoms with van der Waals surface area (Å²) in [5.41, 5.74) is 2.23. The highest BCUT2D eigenvalue weighted by molar-refractivity contribution is 7.09. The second-order valence-corrected chi connectivity index (χ2v) is 7.93. The van der Waals surface area contributed by atoms with Crippen molar-refractivity contribution < 1.29 is 9.59 Å². The van der Waals surface area contributed by atoms with Gasteiger partial charge in [-0.15, -0.1) is 11.3 Å². The SMILES string of the molecule is CC(C)c1nc(CCNC(=O)Nc2cccc(C(=O)N3CCCC3)c2)cs1. The minimum Gasteiger partial charge on any atom is -0.339 e. The number of nitrogens with one attached hydrogen (secondary N) is 2. The van der Waals surface area contributed by atoms with Gasteiger partial charge in [-0.2, -0.15) is 0 Å². The predicted octanol–water partition coefficient (Wildman–Crippen LogP) is 3.87. The highest BCUT2D eigenvalue weighted by Gasteiger charge is 2.19. The molecule has 0 atom stereocenters. The molecule has 3 amide bonds. The van der Waals surface area contributed by atoms with Crippen molar-refractivity contribution in [2.45, 2.75) is 39.0 Å². The lowest BCUT2D eigenvalue weighted by atomic mass is 10.2. The van der Waals surface area contributed by atoms with Crippen LogP contribution in [0.4, 0.5) is 10.5 Å². The molecule has 2 aromatic rings. The molecule has 1 aromatic heterocycles. The Morgan fingerprint density at radius 3 is 2.74 bits per heavy atom. The van der Waals surface area contributed by atoms with Gasteiger partial charge < -0.3 is 15.5 Å². The van der Waals surface area contributed by atoms with Crippen molar-refractivity contribution in [1.82, 2.24) is 15.2 Å². The zero-order valence-corrected chi connectivity index (χ0v) is 16.6. The van der Waals surface area contributed by atoms with Crippen LogP contribution in [0.2, 0.25) is 0 Å². The molecule has 1 aliphatic heterocycles. The molecular weight excluding hydrogens is 360 g/mol. The molecule has 1 fully saturated rings. The minimum absolute atomic E-state index is 0.0287. The maximum Gasteiger partial charge on any atom is 0.319 e. The standard InChI is InChI=1S/C20H26N4O2S/c1-14(2)18-22-17(13-27-18)8-9-21-20(26)23-16-7-5-6-15(12-16)19(25)24-10-3-4-11-24/h5-7,12-14H,3-4,8-11H2,1-2H3,(H2,21,23,26). The lowest BCUT2D eigenvalue weighted by molar-refractivity contribution is 0.0793. The number of aromatic nitrogens is 1. The molecule has 7 heteroatoms. The molecule has 6 nitrogen and oxygen atoms in total. The fourth-order valence-electron chi connectivity index (χ4n) is 3.01. The quantitative estimate of drug-likeness (QED) is 0.791. The molecule has 0 aliphatic carbocycles. The summed E-state index contributed by atoms with van der Waals surface area (Å²) in [6, 6.07) is 6.82. The van der Waals surface area contributed by atoms with E-state index in [2.05, 4.69) is 29.5 Å². The first-order valence-electron chi connectivity index (χ1n) is 9.41. The number of urea groups is 1. The Bertz CT molecular complexity index is 797. The predicted molar refractivity (Wildman–Crippen MR) is 109 cm³/mol. The fourth-order valence-corrected chi connectivity index (χ4v) is 3.88. The minimum atomic E-state index is -0.278. The van der Waals surface area contributed by atoms with Gasteiger partial charge in [-0.05, 0) is 31.0 Å². The molecule has 0 saturated carbocycles. The number of hydrogen-bond donors (Lipinski definition) is 2. The second kappa shape index (κ2) is 8.99. The van der Waals surface area contributed by atoms with Crippen LogP contribution in [0.3, 0.4) is 0 Å². The second-order valence-electron chi connectivity index (χ2n) is 7.04.